The van der Waals surface area contributed by atoms with Crippen molar-refractivity contribution in [1.82, 2.24) is 9.97 Å². The van der Waals surface area contributed by atoms with E-state index in [1.54, 1.807) is 23.5 Å². The van der Waals surface area contributed by atoms with Crippen LogP contribution < -0.4 is 5.32 Å². The Bertz CT molecular complexity index is 1350. The predicted octanol–water partition coefficient (Wildman–Crippen LogP) is 7.13. The summed E-state index contributed by atoms with van der Waals surface area (Å²) < 4.78 is 0. The molecule has 2 aromatic heterocycles. The first-order valence-corrected chi connectivity index (χ1v) is 10.6. The fourth-order valence-corrected chi connectivity index (χ4v) is 4.29. The number of pyridine rings is 1. The predicted molar refractivity (Wildman–Crippen MR) is 125 cm³/mol. The van der Waals surface area contributed by atoms with Gasteiger partial charge in [0.25, 0.3) is 0 Å². The minimum atomic E-state index is 0.208. The molecule has 6 heteroatoms. The quantitative estimate of drug-likeness (QED) is 0.319. The Morgan fingerprint density at radius 3 is 2.60 bits per heavy atom. The van der Waals surface area contributed by atoms with Crippen LogP contribution in [0.15, 0.2) is 84.4 Å². The average Bonchev–Trinajstić information content (AvgIpc) is 3.24. The molecule has 146 valence electrons. The minimum Gasteiger partial charge on any atom is -0.508 e. The summed E-state index contributed by atoms with van der Waals surface area (Å²) in [6.45, 7) is 0. The van der Waals surface area contributed by atoms with E-state index in [1.807, 2.05) is 72.2 Å². The van der Waals surface area contributed by atoms with Gasteiger partial charge in [0.1, 0.15) is 10.8 Å². The van der Waals surface area contributed by atoms with E-state index in [4.69, 9.17) is 16.6 Å². The first kappa shape index (κ1) is 18.6. The molecule has 0 radical (unpaired) electrons. The number of phenols is 1. The second kappa shape index (κ2) is 7.78. The van der Waals surface area contributed by atoms with Crippen LogP contribution >= 0.6 is 22.9 Å². The molecule has 0 unspecified atom stereocenters. The summed E-state index contributed by atoms with van der Waals surface area (Å²) in [7, 11) is 0. The Morgan fingerprint density at radius 1 is 0.933 bits per heavy atom. The summed E-state index contributed by atoms with van der Waals surface area (Å²) >= 11 is 7.58. The topological polar surface area (TPSA) is 58.0 Å². The molecule has 2 N–H and O–H groups in total. The zero-order valence-corrected chi connectivity index (χ0v) is 17.3. The smallest absolute Gasteiger partial charge is 0.127 e. The molecule has 5 aromatic rings. The molecule has 3 aromatic carbocycles. The fourth-order valence-electron chi connectivity index (χ4n) is 3.32. The third kappa shape index (κ3) is 3.61. The van der Waals surface area contributed by atoms with Crippen molar-refractivity contribution in [2.45, 2.75) is 0 Å². The number of halogens is 1. The van der Waals surface area contributed by atoms with Gasteiger partial charge in [0.15, 0.2) is 0 Å². The van der Waals surface area contributed by atoms with Crippen molar-refractivity contribution in [3.8, 4) is 27.6 Å². The Kier molecular flexibility index (Phi) is 4.83. The van der Waals surface area contributed by atoms with Crippen molar-refractivity contribution >= 4 is 45.2 Å². The van der Waals surface area contributed by atoms with E-state index in [0.717, 1.165) is 44.1 Å². The molecule has 0 bridgehead atoms. The second-order valence-electron chi connectivity index (χ2n) is 6.78. The highest BCUT2D eigenvalue weighted by molar-refractivity contribution is 7.13. The van der Waals surface area contributed by atoms with Gasteiger partial charge in [-0.3, -0.25) is 4.98 Å². The number of para-hydroxylation sites is 1. The van der Waals surface area contributed by atoms with E-state index >= 15 is 0 Å². The zero-order valence-electron chi connectivity index (χ0n) is 15.7. The number of benzene rings is 3. The van der Waals surface area contributed by atoms with E-state index in [-0.39, 0.29) is 5.75 Å². The molecule has 0 aliphatic carbocycles. The zero-order chi connectivity index (χ0) is 20.5. The summed E-state index contributed by atoms with van der Waals surface area (Å²) in [5.74, 6) is 0.208. The van der Waals surface area contributed by atoms with Crippen LogP contribution in [0.3, 0.4) is 0 Å². The maximum atomic E-state index is 9.87. The van der Waals surface area contributed by atoms with Gasteiger partial charge < -0.3 is 10.4 Å². The molecular weight excluding hydrogens is 414 g/mol. The standard InChI is InChI=1S/C24H16ClN3OS/c25-16-10-8-15(9-11-16)22-14-30-24(28-22)20-13-26-21-7-2-1-6-19(21)23(20)27-17-4-3-5-18(29)12-17/h1-14,29H,(H,26,27). The van der Waals surface area contributed by atoms with Crippen molar-refractivity contribution < 1.29 is 5.11 Å². The molecule has 0 amide bonds. The Balaban J connectivity index is 1.63. The van der Waals surface area contributed by atoms with Crippen LogP contribution in [0.25, 0.3) is 32.7 Å². The van der Waals surface area contributed by atoms with E-state index in [2.05, 4.69) is 10.3 Å². The van der Waals surface area contributed by atoms with E-state index in [9.17, 15) is 5.11 Å². The van der Waals surface area contributed by atoms with Gasteiger partial charge in [0, 0.05) is 39.3 Å². The molecule has 0 spiro atoms. The lowest BCUT2D eigenvalue weighted by molar-refractivity contribution is 0.475. The third-order valence-electron chi connectivity index (χ3n) is 4.77. The van der Waals surface area contributed by atoms with Gasteiger partial charge in [-0.25, -0.2) is 4.98 Å². The maximum absolute atomic E-state index is 9.87. The van der Waals surface area contributed by atoms with Gasteiger partial charge in [-0.2, -0.15) is 0 Å². The summed E-state index contributed by atoms with van der Waals surface area (Å²) in [4.78, 5) is 9.48. The van der Waals surface area contributed by atoms with Crippen LogP contribution in [0.2, 0.25) is 5.02 Å². The van der Waals surface area contributed by atoms with E-state index in [1.165, 1.54) is 0 Å². The second-order valence-corrected chi connectivity index (χ2v) is 8.08. The summed E-state index contributed by atoms with van der Waals surface area (Å²) in [6.07, 6.45) is 1.85. The molecule has 0 atom stereocenters. The molecule has 0 aliphatic heterocycles. The molecule has 4 nitrogen and oxygen atoms in total. The monoisotopic (exact) mass is 429 g/mol. The van der Waals surface area contributed by atoms with Crippen molar-refractivity contribution in [3.63, 3.8) is 0 Å². The van der Waals surface area contributed by atoms with Crippen LogP contribution in [0.1, 0.15) is 0 Å². The largest absolute Gasteiger partial charge is 0.508 e. The van der Waals surface area contributed by atoms with E-state index in [0.29, 0.717) is 5.02 Å². The van der Waals surface area contributed by atoms with Gasteiger partial charge >= 0.3 is 0 Å². The highest BCUT2D eigenvalue weighted by Crippen LogP contribution is 2.38. The number of rotatable bonds is 4. The van der Waals surface area contributed by atoms with Gasteiger partial charge in [-0.1, -0.05) is 48.0 Å². The molecular formula is C24H16ClN3OS. The molecule has 30 heavy (non-hydrogen) atoms. The lowest BCUT2D eigenvalue weighted by Gasteiger charge is -2.14. The highest BCUT2D eigenvalue weighted by atomic mass is 35.5. The lowest BCUT2D eigenvalue weighted by Crippen LogP contribution is -1.96. The van der Waals surface area contributed by atoms with E-state index < -0.39 is 0 Å². The van der Waals surface area contributed by atoms with Crippen LogP contribution in [-0.4, -0.2) is 15.1 Å². The fraction of sp³-hybridized carbons (Fsp3) is 0. The molecule has 0 saturated carbocycles. The maximum Gasteiger partial charge on any atom is 0.127 e. The van der Waals surface area contributed by atoms with Crippen molar-refractivity contribution in [1.29, 1.82) is 0 Å². The molecule has 0 fully saturated rings. The molecule has 0 saturated heterocycles. The number of fused-ring (bicyclic) bond motifs is 1. The lowest BCUT2D eigenvalue weighted by atomic mass is 10.1. The van der Waals surface area contributed by atoms with Crippen LogP contribution in [0.4, 0.5) is 11.4 Å². The Hall–Kier alpha value is -3.41. The Morgan fingerprint density at radius 2 is 1.77 bits per heavy atom. The van der Waals surface area contributed by atoms with Gasteiger partial charge in [0.2, 0.25) is 0 Å². The number of aromatic nitrogens is 2. The highest BCUT2D eigenvalue weighted by Gasteiger charge is 2.15. The first-order chi connectivity index (χ1) is 14.7. The number of nitrogens with one attached hydrogen (secondary N) is 1. The average molecular weight is 430 g/mol. The summed E-state index contributed by atoms with van der Waals surface area (Å²) in [5.41, 5.74) is 5.40. The van der Waals surface area contributed by atoms with Crippen LogP contribution in [-0.2, 0) is 0 Å². The van der Waals surface area contributed by atoms with Crippen LogP contribution in [0.5, 0.6) is 5.75 Å². The van der Waals surface area contributed by atoms with Gasteiger partial charge in [-0.05, 0) is 30.3 Å². The van der Waals surface area contributed by atoms with Crippen molar-refractivity contribution in [2.24, 2.45) is 0 Å². The number of phenolic OH excluding ortho intramolecular Hbond substituents is 1. The molecule has 2 heterocycles. The summed E-state index contributed by atoms with van der Waals surface area (Å²) in [6, 6.07) is 22.7. The number of hydrogen-bond acceptors (Lipinski definition) is 5. The van der Waals surface area contributed by atoms with Gasteiger partial charge in [-0.15, -0.1) is 11.3 Å². The first-order valence-electron chi connectivity index (χ1n) is 9.33. The van der Waals surface area contributed by atoms with Gasteiger partial charge in [0.05, 0.1) is 22.5 Å². The molecule has 0 aliphatic rings. The minimum absolute atomic E-state index is 0.208. The van der Waals surface area contributed by atoms with Crippen molar-refractivity contribution in [3.05, 3.63) is 89.4 Å². The third-order valence-corrected chi connectivity index (χ3v) is 5.89. The Labute approximate surface area is 182 Å². The number of nitrogens with zero attached hydrogens (tertiary/aromatic N) is 2. The number of hydrogen-bond donors (Lipinski definition) is 2. The summed E-state index contributed by atoms with van der Waals surface area (Å²) in [5, 5.41) is 17.9. The van der Waals surface area contributed by atoms with Crippen molar-refractivity contribution in [2.75, 3.05) is 5.32 Å². The normalized spacial score (nSPS) is 11.0. The molecule has 5 rings (SSSR count). The van der Waals surface area contributed by atoms with Crippen LogP contribution in [0, 0.1) is 0 Å². The number of thiazole rings is 1. The number of aromatic hydroxyl groups is 1. The number of anilines is 2. The SMILES string of the molecule is Oc1cccc(Nc2c(-c3nc(-c4ccc(Cl)cc4)cs3)cnc3ccccc23)c1.